The van der Waals surface area contributed by atoms with Crippen LogP contribution in [-0.2, 0) is 0 Å². The van der Waals surface area contributed by atoms with Crippen LogP contribution in [0.3, 0.4) is 0 Å². The number of nitrogens with zero attached hydrogens (tertiary/aromatic N) is 1. The number of hydrogen-bond donors (Lipinski definition) is 0. The second-order valence-corrected chi connectivity index (χ2v) is 7.41. The van der Waals surface area contributed by atoms with Crippen LogP contribution in [0, 0.1) is 11.8 Å². The highest BCUT2D eigenvalue weighted by Gasteiger charge is 2.47. The molecule has 0 spiro atoms. The number of thiocarbonyl (C=S) groups is 1. The first-order valence-corrected chi connectivity index (χ1v) is 8.80. The number of rotatable bonds is 3. The summed E-state index contributed by atoms with van der Waals surface area (Å²) in [5.41, 5.74) is 0. The molecular weight excluding hydrogens is 249 g/mol. The Kier molecular flexibility index (Phi) is 5.33. The van der Waals surface area contributed by atoms with Crippen molar-refractivity contribution < 1.29 is 0 Å². The highest BCUT2D eigenvalue weighted by atomic mass is 32.1. The quantitative estimate of drug-likeness (QED) is 0.570. The van der Waals surface area contributed by atoms with Gasteiger partial charge in [-0.1, -0.05) is 57.1 Å². The molecule has 2 aliphatic rings. The molecule has 1 nitrogen and oxygen atoms in total. The fraction of sp³-hybridized carbons (Fsp3) is 0.938. The third-order valence-electron chi connectivity index (χ3n) is 5.31. The molecule has 1 saturated heterocycles. The maximum atomic E-state index is 5.89. The van der Waals surface area contributed by atoms with Crippen molar-refractivity contribution in [3.8, 4) is 0 Å². The Bertz CT molecular complexity index is 318. The molecule has 0 aromatic rings. The van der Waals surface area contributed by atoms with Crippen molar-refractivity contribution in [1.82, 2.24) is 4.90 Å². The minimum atomic E-state index is 0.577. The molecule has 2 fully saturated rings. The van der Waals surface area contributed by atoms with Gasteiger partial charge in [0.1, 0.15) is 7.85 Å². The van der Waals surface area contributed by atoms with Crippen molar-refractivity contribution in [2.45, 2.75) is 83.6 Å². The molecule has 4 atom stereocenters. The average molecular weight is 279 g/mol. The van der Waals surface area contributed by atoms with Gasteiger partial charge in [0.15, 0.2) is 0 Å². The molecule has 1 aliphatic carbocycles. The van der Waals surface area contributed by atoms with Crippen LogP contribution >= 0.6 is 12.2 Å². The third kappa shape index (κ3) is 3.01. The smallest absolute Gasteiger partial charge is 0.105 e. The Morgan fingerprint density at radius 3 is 2.58 bits per heavy atom. The fourth-order valence-electron chi connectivity index (χ4n) is 4.53. The van der Waals surface area contributed by atoms with E-state index in [1.165, 1.54) is 49.9 Å². The van der Waals surface area contributed by atoms with Crippen LogP contribution < -0.4 is 0 Å². The van der Waals surface area contributed by atoms with Crippen LogP contribution in [0.1, 0.15) is 65.7 Å². The summed E-state index contributed by atoms with van der Waals surface area (Å²) in [7, 11) is 2.48. The van der Waals surface area contributed by atoms with Gasteiger partial charge in [0, 0.05) is 18.0 Å². The van der Waals surface area contributed by atoms with Crippen LogP contribution in [0.5, 0.6) is 0 Å². The molecule has 1 heterocycles. The van der Waals surface area contributed by atoms with Gasteiger partial charge in [-0.15, -0.1) is 0 Å². The van der Waals surface area contributed by atoms with Crippen LogP contribution in [0.25, 0.3) is 0 Å². The Morgan fingerprint density at radius 2 is 1.95 bits per heavy atom. The van der Waals surface area contributed by atoms with E-state index in [1.807, 2.05) is 0 Å². The molecular formula is C16H30BNS. The Morgan fingerprint density at radius 1 is 1.26 bits per heavy atom. The summed E-state index contributed by atoms with van der Waals surface area (Å²) in [5, 5.41) is 0. The predicted octanol–water partition coefficient (Wildman–Crippen LogP) is 3.82. The van der Waals surface area contributed by atoms with Crippen molar-refractivity contribution in [3.63, 3.8) is 0 Å². The highest BCUT2D eigenvalue weighted by Crippen LogP contribution is 2.46. The van der Waals surface area contributed by atoms with Crippen molar-refractivity contribution >= 4 is 25.1 Å². The van der Waals surface area contributed by atoms with E-state index in [0.717, 1.165) is 17.8 Å². The van der Waals surface area contributed by atoms with Gasteiger partial charge >= 0.3 is 0 Å². The van der Waals surface area contributed by atoms with Gasteiger partial charge < -0.3 is 4.90 Å². The molecule has 1 saturated carbocycles. The third-order valence-corrected chi connectivity index (χ3v) is 5.82. The summed E-state index contributed by atoms with van der Waals surface area (Å²) in [6.07, 6.45) is 9.60. The predicted molar refractivity (Wildman–Crippen MR) is 90.6 cm³/mol. The Balaban J connectivity index is 2.28. The summed E-state index contributed by atoms with van der Waals surface area (Å²) in [6.45, 7) is 6.95. The first-order chi connectivity index (χ1) is 9.07. The molecule has 0 N–H and O–H groups in total. The zero-order chi connectivity index (χ0) is 14.0. The number of hydrogen-bond acceptors (Lipinski definition) is 1. The lowest BCUT2D eigenvalue weighted by Gasteiger charge is -2.36. The first-order valence-electron chi connectivity index (χ1n) is 8.40. The van der Waals surface area contributed by atoms with Gasteiger partial charge in [-0.2, -0.15) is 0 Å². The maximum absolute atomic E-state index is 5.89. The normalized spacial score (nSPS) is 36.2. The molecule has 4 unspecified atom stereocenters. The van der Waals surface area contributed by atoms with Gasteiger partial charge in [-0.25, -0.2) is 0 Å². The monoisotopic (exact) mass is 279 g/mol. The summed E-state index contributed by atoms with van der Waals surface area (Å²) in [5.74, 6) is 2.36. The maximum Gasteiger partial charge on any atom is 0.105 e. The van der Waals surface area contributed by atoms with E-state index >= 15 is 0 Å². The number of fused-ring (bicyclic) bond motifs is 1. The van der Waals surface area contributed by atoms with E-state index in [1.54, 1.807) is 0 Å². The van der Waals surface area contributed by atoms with Crippen LogP contribution in [-0.4, -0.2) is 29.8 Å². The largest absolute Gasteiger partial charge is 0.360 e. The van der Waals surface area contributed by atoms with Crippen molar-refractivity contribution in [2.75, 3.05) is 0 Å². The van der Waals surface area contributed by atoms with Crippen molar-refractivity contribution in [1.29, 1.82) is 0 Å². The molecule has 0 radical (unpaired) electrons. The highest BCUT2D eigenvalue weighted by molar-refractivity contribution is 7.80. The van der Waals surface area contributed by atoms with Crippen molar-refractivity contribution in [2.24, 2.45) is 11.8 Å². The lowest BCUT2D eigenvalue weighted by Crippen LogP contribution is -2.40. The fourth-order valence-corrected chi connectivity index (χ4v) is 5.16. The minimum Gasteiger partial charge on any atom is -0.360 e. The molecule has 0 aromatic carbocycles. The van der Waals surface area contributed by atoms with Crippen LogP contribution in [0.4, 0.5) is 0 Å². The van der Waals surface area contributed by atoms with Gasteiger partial charge in [0.2, 0.25) is 0 Å². The minimum absolute atomic E-state index is 0.577. The molecule has 3 heteroatoms. The molecule has 1 aliphatic heterocycles. The zero-order valence-corrected chi connectivity index (χ0v) is 14.0. The molecule has 108 valence electrons. The van der Waals surface area contributed by atoms with E-state index in [9.17, 15) is 0 Å². The van der Waals surface area contributed by atoms with Gasteiger partial charge in [-0.3, -0.25) is 0 Å². The van der Waals surface area contributed by atoms with E-state index in [2.05, 4.69) is 33.5 Å². The van der Waals surface area contributed by atoms with E-state index in [-0.39, 0.29) is 0 Å². The summed E-state index contributed by atoms with van der Waals surface area (Å²) in [4.78, 5) is 3.91. The lowest BCUT2D eigenvalue weighted by molar-refractivity contribution is 0.189. The Labute approximate surface area is 125 Å². The average Bonchev–Trinajstić information content (AvgIpc) is 2.60. The van der Waals surface area contributed by atoms with Gasteiger partial charge in [0.25, 0.3) is 0 Å². The summed E-state index contributed by atoms with van der Waals surface area (Å²) in [6, 6.07) is 1.31. The zero-order valence-electron chi connectivity index (χ0n) is 13.2. The topological polar surface area (TPSA) is 3.24 Å². The standard InChI is InChI=1S/C16H30BNS/c1-4-8-12-15-13(17)9-6-5-7-10-14(15)18(11(2)3)16(12)19/h11-15H,4-10,17H2,1-3H3. The van der Waals surface area contributed by atoms with Gasteiger partial charge in [0.05, 0.1) is 4.99 Å². The SMILES string of the molecule is BC1CCCCCC2C1C(CCC)C(=S)N2C(C)C. The lowest BCUT2D eigenvalue weighted by atomic mass is 9.64. The van der Waals surface area contributed by atoms with E-state index in [0.29, 0.717) is 12.0 Å². The summed E-state index contributed by atoms with van der Waals surface area (Å²) >= 11 is 5.89. The molecule has 0 aromatic heterocycles. The van der Waals surface area contributed by atoms with Crippen LogP contribution in [0.2, 0.25) is 5.82 Å². The van der Waals surface area contributed by atoms with Crippen LogP contribution in [0.15, 0.2) is 0 Å². The van der Waals surface area contributed by atoms with E-state index < -0.39 is 0 Å². The Hall–Kier alpha value is -0.0451. The second-order valence-electron chi connectivity index (χ2n) is 6.99. The molecule has 0 amide bonds. The molecule has 0 bridgehead atoms. The summed E-state index contributed by atoms with van der Waals surface area (Å²) < 4.78 is 0. The van der Waals surface area contributed by atoms with Gasteiger partial charge in [-0.05, 0) is 32.6 Å². The molecule has 2 rings (SSSR count). The molecule has 19 heavy (non-hydrogen) atoms. The first kappa shape index (κ1) is 15.3. The van der Waals surface area contributed by atoms with Crippen molar-refractivity contribution in [3.05, 3.63) is 0 Å². The van der Waals surface area contributed by atoms with E-state index in [4.69, 9.17) is 12.2 Å². The second kappa shape index (κ2) is 6.60. The number of likely N-dealkylation sites (tertiary alicyclic amines) is 1.